The van der Waals surface area contributed by atoms with E-state index in [1.165, 1.54) is 25.7 Å². The molecule has 1 aromatic carbocycles. The summed E-state index contributed by atoms with van der Waals surface area (Å²) in [5.41, 5.74) is 0.738. The zero-order valence-corrected chi connectivity index (χ0v) is 17.4. The first kappa shape index (κ1) is 21.1. The van der Waals surface area contributed by atoms with Crippen molar-refractivity contribution >= 4 is 24.1 Å². The first-order valence-corrected chi connectivity index (χ1v) is 10.4. The van der Waals surface area contributed by atoms with E-state index in [-0.39, 0.29) is 36.1 Å². The number of rotatable bonds is 4. The third-order valence-electron chi connectivity index (χ3n) is 6.71. The van der Waals surface area contributed by atoms with Crippen molar-refractivity contribution in [3.63, 3.8) is 0 Å². The summed E-state index contributed by atoms with van der Waals surface area (Å²) >= 11 is 0. The Labute approximate surface area is 173 Å². The lowest BCUT2D eigenvalue weighted by Gasteiger charge is -2.33. The van der Waals surface area contributed by atoms with Crippen LogP contribution in [0.5, 0.6) is 5.75 Å². The second-order valence-corrected chi connectivity index (χ2v) is 8.30. The molecule has 2 saturated heterocycles. The number of hydrogen-bond donors (Lipinski definition) is 1. The zero-order valence-electron chi connectivity index (χ0n) is 16.6. The molecule has 5 nitrogen and oxygen atoms in total. The van der Waals surface area contributed by atoms with Gasteiger partial charge in [-0.15, -0.1) is 12.4 Å². The molecular formula is C22H31ClN2O3. The van der Waals surface area contributed by atoms with Crippen molar-refractivity contribution in [2.75, 3.05) is 20.2 Å². The first-order valence-electron chi connectivity index (χ1n) is 10.4. The number of carbonyl (C=O) groups excluding carboxylic acids is 2. The number of amides is 1. The number of likely N-dealkylation sites (tertiary alicyclic amines) is 1. The maximum Gasteiger partial charge on any atom is 0.239 e. The molecule has 3 unspecified atom stereocenters. The Morgan fingerprint density at radius 3 is 2.36 bits per heavy atom. The smallest absolute Gasteiger partial charge is 0.239 e. The van der Waals surface area contributed by atoms with Gasteiger partial charge in [-0.3, -0.25) is 9.59 Å². The highest BCUT2D eigenvalue weighted by molar-refractivity contribution is 5.98. The molecule has 2 heterocycles. The Morgan fingerprint density at radius 1 is 1.04 bits per heavy atom. The maximum absolute atomic E-state index is 12.9. The summed E-state index contributed by atoms with van der Waals surface area (Å²) in [4.78, 5) is 27.7. The largest absolute Gasteiger partial charge is 0.497 e. The van der Waals surface area contributed by atoms with Gasteiger partial charge in [0.25, 0.3) is 0 Å². The van der Waals surface area contributed by atoms with Crippen LogP contribution >= 0.6 is 12.4 Å². The number of nitrogens with zero attached hydrogens (tertiary/aromatic N) is 1. The van der Waals surface area contributed by atoms with Gasteiger partial charge in [-0.25, -0.2) is 0 Å². The predicted molar refractivity (Wildman–Crippen MR) is 111 cm³/mol. The van der Waals surface area contributed by atoms with Gasteiger partial charge in [-0.05, 0) is 62.3 Å². The fraction of sp³-hybridized carbons (Fsp3) is 0.636. The van der Waals surface area contributed by atoms with Crippen LogP contribution in [0.2, 0.25) is 0 Å². The van der Waals surface area contributed by atoms with E-state index in [4.69, 9.17) is 4.74 Å². The molecule has 1 amide bonds. The fourth-order valence-corrected chi connectivity index (χ4v) is 5.08. The van der Waals surface area contributed by atoms with E-state index < -0.39 is 0 Å². The molecule has 4 rings (SSSR count). The molecule has 2 aliphatic heterocycles. The summed E-state index contributed by atoms with van der Waals surface area (Å²) in [5, 5.41) is 3.59. The second-order valence-electron chi connectivity index (χ2n) is 8.30. The molecule has 0 bridgehead atoms. The average Bonchev–Trinajstić information content (AvgIpc) is 3.17. The van der Waals surface area contributed by atoms with Gasteiger partial charge in [0.05, 0.1) is 13.2 Å². The van der Waals surface area contributed by atoms with Crippen molar-refractivity contribution in [1.82, 2.24) is 10.2 Å². The molecule has 0 radical (unpaired) electrons. The molecule has 3 fully saturated rings. The van der Waals surface area contributed by atoms with E-state index in [2.05, 4.69) is 5.32 Å². The lowest BCUT2D eigenvalue weighted by Crippen LogP contribution is -2.48. The maximum atomic E-state index is 12.9. The topological polar surface area (TPSA) is 58.6 Å². The molecule has 3 aliphatic rings. The van der Waals surface area contributed by atoms with Gasteiger partial charge in [0.1, 0.15) is 5.75 Å². The Hall–Kier alpha value is -1.59. The minimum atomic E-state index is -0.00746. The molecule has 1 aromatic rings. The Bertz CT molecular complexity index is 672. The van der Waals surface area contributed by atoms with Crippen molar-refractivity contribution < 1.29 is 14.3 Å². The second kappa shape index (κ2) is 9.27. The number of carbonyl (C=O) groups is 2. The molecule has 1 aliphatic carbocycles. The van der Waals surface area contributed by atoms with Crippen LogP contribution in [0, 0.1) is 11.8 Å². The normalized spacial score (nSPS) is 27.6. The van der Waals surface area contributed by atoms with E-state index in [1.54, 1.807) is 7.11 Å². The first-order chi connectivity index (χ1) is 13.2. The molecule has 1 N–H and O–H groups in total. The molecule has 1 saturated carbocycles. The molecule has 0 spiro atoms. The SMILES string of the molecule is COc1ccc(C(=O)C2CCN(C(=O)C3CC4CCCCC4N3)CC2)cc1.Cl. The van der Waals surface area contributed by atoms with Crippen LogP contribution in [0.1, 0.15) is 55.3 Å². The summed E-state index contributed by atoms with van der Waals surface area (Å²) in [6, 6.07) is 7.87. The quantitative estimate of drug-likeness (QED) is 0.778. The Kier molecular flexibility index (Phi) is 7.00. The fourth-order valence-electron chi connectivity index (χ4n) is 5.08. The lowest BCUT2D eigenvalue weighted by atomic mass is 9.85. The minimum Gasteiger partial charge on any atom is -0.497 e. The van der Waals surface area contributed by atoms with E-state index >= 15 is 0 Å². The van der Waals surface area contributed by atoms with Crippen LogP contribution in [-0.4, -0.2) is 48.9 Å². The van der Waals surface area contributed by atoms with E-state index in [0.29, 0.717) is 25.0 Å². The predicted octanol–water partition coefficient (Wildman–Crippen LogP) is 3.46. The van der Waals surface area contributed by atoms with Gasteiger partial charge < -0.3 is 15.0 Å². The number of benzene rings is 1. The summed E-state index contributed by atoms with van der Waals surface area (Å²) < 4.78 is 5.16. The van der Waals surface area contributed by atoms with Crippen molar-refractivity contribution in [2.24, 2.45) is 11.8 Å². The molecule has 0 aromatic heterocycles. The third-order valence-corrected chi connectivity index (χ3v) is 6.71. The molecule has 28 heavy (non-hydrogen) atoms. The summed E-state index contributed by atoms with van der Waals surface area (Å²) in [5.74, 6) is 1.90. The summed E-state index contributed by atoms with van der Waals surface area (Å²) in [6.07, 6.45) is 7.59. The summed E-state index contributed by atoms with van der Waals surface area (Å²) in [6.45, 7) is 1.39. The van der Waals surface area contributed by atoms with Crippen LogP contribution < -0.4 is 10.1 Å². The minimum absolute atomic E-state index is 0. The van der Waals surface area contributed by atoms with E-state index in [1.807, 2.05) is 29.2 Å². The highest BCUT2D eigenvalue weighted by Gasteiger charge is 2.40. The average molecular weight is 407 g/mol. The van der Waals surface area contributed by atoms with Crippen LogP contribution in [-0.2, 0) is 4.79 Å². The van der Waals surface area contributed by atoms with Gasteiger partial charge in [0.15, 0.2) is 5.78 Å². The lowest BCUT2D eigenvalue weighted by molar-refractivity contribution is -0.134. The molecular weight excluding hydrogens is 376 g/mol. The van der Waals surface area contributed by atoms with Crippen LogP contribution in [0.4, 0.5) is 0 Å². The van der Waals surface area contributed by atoms with Crippen molar-refractivity contribution in [1.29, 1.82) is 0 Å². The number of ketones is 1. The monoisotopic (exact) mass is 406 g/mol. The van der Waals surface area contributed by atoms with Gasteiger partial charge >= 0.3 is 0 Å². The number of piperidine rings is 1. The van der Waals surface area contributed by atoms with Crippen molar-refractivity contribution in [3.05, 3.63) is 29.8 Å². The van der Waals surface area contributed by atoms with Crippen molar-refractivity contribution in [2.45, 2.75) is 57.0 Å². The number of fused-ring (bicyclic) bond motifs is 1. The van der Waals surface area contributed by atoms with Gasteiger partial charge in [-0.1, -0.05) is 12.8 Å². The van der Waals surface area contributed by atoms with Crippen molar-refractivity contribution in [3.8, 4) is 5.75 Å². The van der Waals surface area contributed by atoms with Gasteiger partial charge in [0, 0.05) is 30.6 Å². The number of methoxy groups -OCH3 is 1. The Balaban J connectivity index is 0.00000225. The van der Waals surface area contributed by atoms with Crippen LogP contribution in [0.3, 0.4) is 0 Å². The number of hydrogen-bond acceptors (Lipinski definition) is 4. The standard InChI is InChI=1S/C22H30N2O3.ClH/c1-27-18-8-6-15(7-9-18)21(25)16-10-12-24(13-11-16)22(26)20-14-17-4-2-3-5-19(17)23-20;/h6-9,16-17,19-20,23H,2-5,10-14H2,1H3;1H. The van der Waals surface area contributed by atoms with Crippen LogP contribution in [0.15, 0.2) is 24.3 Å². The van der Waals surface area contributed by atoms with E-state index in [0.717, 1.165) is 30.6 Å². The molecule has 154 valence electrons. The third kappa shape index (κ3) is 4.36. The van der Waals surface area contributed by atoms with Crippen LogP contribution in [0.25, 0.3) is 0 Å². The highest BCUT2D eigenvalue weighted by atomic mass is 35.5. The number of Topliss-reactive ketones (excluding diaryl/α,β-unsaturated/α-hetero) is 1. The van der Waals surface area contributed by atoms with Gasteiger partial charge in [-0.2, -0.15) is 0 Å². The number of ether oxygens (including phenoxy) is 1. The molecule has 6 heteroatoms. The van der Waals surface area contributed by atoms with E-state index in [9.17, 15) is 9.59 Å². The molecule has 3 atom stereocenters. The summed E-state index contributed by atoms with van der Waals surface area (Å²) in [7, 11) is 1.62. The Morgan fingerprint density at radius 2 is 1.71 bits per heavy atom. The van der Waals surface area contributed by atoms with Gasteiger partial charge in [0.2, 0.25) is 5.91 Å². The number of halogens is 1. The highest BCUT2D eigenvalue weighted by Crippen LogP contribution is 2.34. The number of nitrogens with one attached hydrogen (secondary N) is 1. The zero-order chi connectivity index (χ0) is 18.8.